The standard InChI is InChI=1S/C20H24F2N2O3S/c1-15-6-8-16(9-7-15)14-23(2)20(25)5-4-12-24(28(3,26)27)17-10-11-18(21)19(22)13-17/h6-11,13H,4-5,12,14H2,1-3H3. The van der Waals surface area contributed by atoms with E-state index in [1.807, 2.05) is 31.2 Å². The predicted octanol–water partition coefficient (Wildman–Crippen LogP) is 3.48. The van der Waals surface area contributed by atoms with Crippen LogP contribution in [0.2, 0.25) is 0 Å². The molecule has 5 nitrogen and oxygen atoms in total. The highest BCUT2D eigenvalue weighted by molar-refractivity contribution is 7.92. The first-order valence-corrected chi connectivity index (χ1v) is 10.6. The first-order chi connectivity index (χ1) is 13.1. The van der Waals surface area contributed by atoms with Crippen LogP contribution in [-0.2, 0) is 21.4 Å². The van der Waals surface area contributed by atoms with Crippen molar-refractivity contribution in [2.24, 2.45) is 0 Å². The first-order valence-electron chi connectivity index (χ1n) is 8.80. The molecule has 0 radical (unpaired) electrons. The molecule has 152 valence electrons. The zero-order valence-electron chi connectivity index (χ0n) is 16.2. The van der Waals surface area contributed by atoms with Gasteiger partial charge < -0.3 is 4.90 Å². The van der Waals surface area contributed by atoms with Gasteiger partial charge in [-0.1, -0.05) is 29.8 Å². The summed E-state index contributed by atoms with van der Waals surface area (Å²) in [6.45, 7) is 2.44. The van der Waals surface area contributed by atoms with Crippen LogP contribution >= 0.6 is 0 Å². The van der Waals surface area contributed by atoms with E-state index in [4.69, 9.17) is 0 Å². The van der Waals surface area contributed by atoms with E-state index in [1.165, 1.54) is 6.07 Å². The lowest BCUT2D eigenvalue weighted by molar-refractivity contribution is -0.130. The molecule has 0 spiro atoms. The minimum atomic E-state index is -3.70. The number of halogens is 2. The molecule has 0 unspecified atom stereocenters. The molecule has 0 aliphatic rings. The maximum absolute atomic E-state index is 13.5. The molecule has 28 heavy (non-hydrogen) atoms. The van der Waals surface area contributed by atoms with Crippen molar-refractivity contribution < 1.29 is 22.0 Å². The molecule has 0 aliphatic carbocycles. The molecule has 0 aliphatic heterocycles. The lowest BCUT2D eigenvalue weighted by Gasteiger charge is -2.23. The molecule has 2 rings (SSSR count). The van der Waals surface area contributed by atoms with E-state index >= 15 is 0 Å². The van der Waals surface area contributed by atoms with Gasteiger partial charge in [0.05, 0.1) is 11.9 Å². The van der Waals surface area contributed by atoms with Crippen molar-refractivity contribution in [3.05, 3.63) is 65.2 Å². The van der Waals surface area contributed by atoms with Gasteiger partial charge in [0, 0.05) is 32.6 Å². The van der Waals surface area contributed by atoms with Gasteiger partial charge in [-0.2, -0.15) is 0 Å². The third-order valence-corrected chi connectivity index (χ3v) is 5.50. The van der Waals surface area contributed by atoms with Gasteiger partial charge in [-0.05, 0) is 31.0 Å². The van der Waals surface area contributed by atoms with Gasteiger partial charge in [-0.15, -0.1) is 0 Å². The summed E-state index contributed by atoms with van der Waals surface area (Å²) < 4.78 is 51.6. The molecule has 2 aromatic rings. The topological polar surface area (TPSA) is 57.7 Å². The quantitative estimate of drug-likeness (QED) is 0.670. The Morgan fingerprint density at radius 1 is 1.04 bits per heavy atom. The molecular weight excluding hydrogens is 386 g/mol. The summed E-state index contributed by atoms with van der Waals surface area (Å²) in [5.41, 5.74) is 2.17. The number of anilines is 1. The SMILES string of the molecule is Cc1ccc(CN(C)C(=O)CCCN(c2ccc(F)c(F)c2)S(C)(=O)=O)cc1. The second kappa shape index (κ2) is 9.14. The van der Waals surface area contributed by atoms with E-state index < -0.39 is 21.7 Å². The smallest absolute Gasteiger partial charge is 0.232 e. The van der Waals surface area contributed by atoms with E-state index in [9.17, 15) is 22.0 Å². The number of rotatable bonds is 8. The number of carbonyl (C=O) groups excluding carboxylic acids is 1. The van der Waals surface area contributed by atoms with Crippen LogP contribution in [-0.4, -0.2) is 39.1 Å². The fraction of sp³-hybridized carbons (Fsp3) is 0.350. The van der Waals surface area contributed by atoms with Crippen molar-refractivity contribution in [3.63, 3.8) is 0 Å². The monoisotopic (exact) mass is 410 g/mol. The third kappa shape index (κ3) is 6.02. The highest BCUT2D eigenvalue weighted by Crippen LogP contribution is 2.21. The van der Waals surface area contributed by atoms with Crippen molar-refractivity contribution in [1.29, 1.82) is 0 Å². The van der Waals surface area contributed by atoms with Crippen molar-refractivity contribution in [2.45, 2.75) is 26.3 Å². The molecular formula is C20H24F2N2O3S. The average Bonchev–Trinajstić information content (AvgIpc) is 2.62. The summed E-state index contributed by atoms with van der Waals surface area (Å²) in [4.78, 5) is 13.9. The Morgan fingerprint density at radius 3 is 2.25 bits per heavy atom. The van der Waals surface area contributed by atoms with Gasteiger partial charge in [0.2, 0.25) is 15.9 Å². The van der Waals surface area contributed by atoms with E-state index in [2.05, 4.69) is 0 Å². The Morgan fingerprint density at radius 2 is 1.68 bits per heavy atom. The Balaban J connectivity index is 1.96. The number of benzene rings is 2. The molecule has 0 atom stereocenters. The number of hydrogen-bond acceptors (Lipinski definition) is 3. The maximum Gasteiger partial charge on any atom is 0.232 e. The van der Waals surface area contributed by atoms with Crippen LogP contribution in [0.3, 0.4) is 0 Å². The number of carbonyl (C=O) groups is 1. The molecule has 0 bridgehead atoms. The Kier molecular flexibility index (Phi) is 7.12. The molecule has 0 heterocycles. The van der Waals surface area contributed by atoms with Crippen LogP contribution in [0, 0.1) is 18.6 Å². The molecule has 0 fully saturated rings. The van der Waals surface area contributed by atoms with Gasteiger partial charge in [0.25, 0.3) is 0 Å². The molecule has 8 heteroatoms. The normalized spacial score (nSPS) is 11.3. The van der Waals surface area contributed by atoms with E-state index in [0.29, 0.717) is 6.54 Å². The second-order valence-electron chi connectivity index (χ2n) is 6.77. The average molecular weight is 410 g/mol. The van der Waals surface area contributed by atoms with Crippen molar-refractivity contribution in [1.82, 2.24) is 4.90 Å². The summed E-state index contributed by atoms with van der Waals surface area (Å²) in [5, 5.41) is 0. The van der Waals surface area contributed by atoms with Gasteiger partial charge in [-0.3, -0.25) is 9.10 Å². The van der Waals surface area contributed by atoms with E-state index in [0.717, 1.165) is 33.8 Å². The first kappa shape index (κ1) is 21.8. The highest BCUT2D eigenvalue weighted by atomic mass is 32.2. The van der Waals surface area contributed by atoms with Gasteiger partial charge >= 0.3 is 0 Å². The Bertz CT molecular complexity index is 931. The number of hydrogen-bond donors (Lipinski definition) is 0. The largest absolute Gasteiger partial charge is 0.341 e. The minimum absolute atomic E-state index is 0.00594. The molecule has 2 aromatic carbocycles. The molecule has 0 saturated carbocycles. The van der Waals surface area contributed by atoms with Crippen molar-refractivity contribution in [2.75, 3.05) is 24.2 Å². The number of sulfonamides is 1. The van der Waals surface area contributed by atoms with Crippen LogP contribution in [0.4, 0.5) is 14.5 Å². The van der Waals surface area contributed by atoms with Crippen LogP contribution in [0.25, 0.3) is 0 Å². The van der Waals surface area contributed by atoms with Crippen LogP contribution < -0.4 is 4.31 Å². The number of aryl methyl sites for hydroxylation is 1. The summed E-state index contributed by atoms with van der Waals surface area (Å²) in [6.07, 6.45) is 1.38. The van der Waals surface area contributed by atoms with Crippen molar-refractivity contribution in [3.8, 4) is 0 Å². The highest BCUT2D eigenvalue weighted by Gasteiger charge is 2.19. The predicted molar refractivity (Wildman–Crippen MR) is 105 cm³/mol. The van der Waals surface area contributed by atoms with Crippen LogP contribution in [0.1, 0.15) is 24.0 Å². The summed E-state index contributed by atoms with van der Waals surface area (Å²) in [5.74, 6) is -2.30. The second-order valence-corrected chi connectivity index (χ2v) is 8.68. The van der Waals surface area contributed by atoms with Crippen molar-refractivity contribution >= 4 is 21.6 Å². The summed E-state index contributed by atoms with van der Waals surface area (Å²) in [6, 6.07) is 10.8. The molecule has 0 saturated heterocycles. The number of amides is 1. The zero-order chi connectivity index (χ0) is 20.9. The fourth-order valence-electron chi connectivity index (χ4n) is 2.75. The van der Waals surface area contributed by atoms with Crippen LogP contribution in [0.5, 0.6) is 0 Å². The van der Waals surface area contributed by atoms with Gasteiger partial charge in [0.15, 0.2) is 11.6 Å². The van der Waals surface area contributed by atoms with Gasteiger partial charge in [-0.25, -0.2) is 17.2 Å². The molecule has 0 N–H and O–H groups in total. The maximum atomic E-state index is 13.5. The van der Waals surface area contributed by atoms with E-state index in [-0.39, 0.29) is 31.0 Å². The molecule has 1 amide bonds. The van der Waals surface area contributed by atoms with Crippen LogP contribution in [0.15, 0.2) is 42.5 Å². The fourth-order valence-corrected chi connectivity index (χ4v) is 3.70. The third-order valence-electron chi connectivity index (χ3n) is 4.31. The zero-order valence-corrected chi connectivity index (χ0v) is 17.0. The Hall–Kier alpha value is -2.48. The lowest BCUT2D eigenvalue weighted by atomic mass is 10.1. The molecule has 0 aromatic heterocycles. The summed E-state index contributed by atoms with van der Waals surface area (Å²) in [7, 11) is -2.01. The minimum Gasteiger partial charge on any atom is -0.341 e. The summed E-state index contributed by atoms with van der Waals surface area (Å²) >= 11 is 0. The number of nitrogens with zero attached hydrogens (tertiary/aromatic N) is 2. The Labute approximate surface area is 164 Å². The lowest BCUT2D eigenvalue weighted by Crippen LogP contribution is -2.32. The van der Waals surface area contributed by atoms with E-state index in [1.54, 1.807) is 11.9 Å². The van der Waals surface area contributed by atoms with Gasteiger partial charge in [0.1, 0.15) is 0 Å².